The predicted octanol–water partition coefficient (Wildman–Crippen LogP) is -2.04. The van der Waals surface area contributed by atoms with E-state index in [9.17, 15) is 0 Å². The Morgan fingerprint density at radius 2 is 1.15 bits per heavy atom. The van der Waals surface area contributed by atoms with Gasteiger partial charge in [-0.15, -0.1) is 0 Å². The van der Waals surface area contributed by atoms with Crippen molar-refractivity contribution in [3.8, 4) is 0 Å². The molecule has 80 valence electrons. The molecule has 0 aliphatic heterocycles. The van der Waals surface area contributed by atoms with Crippen LogP contribution in [0.15, 0.2) is 0 Å². The molecule has 0 aromatic carbocycles. The highest BCUT2D eigenvalue weighted by Crippen LogP contribution is 1.54. The highest BCUT2D eigenvalue weighted by Gasteiger charge is 1.78. The van der Waals surface area contributed by atoms with Gasteiger partial charge >= 0.3 is 0 Å². The third-order valence-electron chi connectivity index (χ3n) is 0.577. The standard InChI is InChI=1S/C4H11NO2.2CH2O2/c6-3-1-5-2-4-7;2*2-1-3/h5-7H,1-4H2;2*1H,(H,2,3). The van der Waals surface area contributed by atoms with Crippen molar-refractivity contribution in [2.24, 2.45) is 0 Å². The third-order valence-corrected chi connectivity index (χ3v) is 0.577. The second kappa shape index (κ2) is 30.8. The van der Waals surface area contributed by atoms with E-state index in [1.54, 1.807) is 0 Å². The van der Waals surface area contributed by atoms with E-state index in [0.717, 1.165) is 0 Å². The van der Waals surface area contributed by atoms with Gasteiger partial charge in [0, 0.05) is 13.1 Å². The lowest BCUT2D eigenvalue weighted by molar-refractivity contribution is -0.123. The molecule has 0 rings (SSSR count). The molecular formula is C6H15NO6. The molecule has 0 heterocycles. The van der Waals surface area contributed by atoms with Crippen molar-refractivity contribution in [3.63, 3.8) is 0 Å². The summed E-state index contributed by atoms with van der Waals surface area (Å²) in [7, 11) is 0. The molecule has 0 saturated carbocycles. The minimum Gasteiger partial charge on any atom is -0.483 e. The summed E-state index contributed by atoms with van der Waals surface area (Å²) < 4.78 is 0. The molecule has 0 aromatic rings. The fourth-order valence-electron chi connectivity index (χ4n) is 0.283. The van der Waals surface area contributed by atoms with E-state index in [0.29, 0.717) is 13.1 Å². The zero-order chi connectivity index (χ0) is 10.9. The molecule has 0 amide bonds. The topological polar surface area (TPSA) is 127 Å². The van der Waals surface area contributed by atoms with E-state index in [2.05, 4.69) is 5.32 Å². The van der Waals surface area contributed by atoms with Crippen molar-refractivity contribution < 1.29 is 30.0 Å². The second-order valence-electron chi connectivity index (χ2n) is 1.41. The Hall–Kier alpha value is -1.18. The Labute approximate surface area is 75.6 Å². The molecule has 0 spiro atoms. The molecular weight excluding hydrogens is 182 g/mol. The number of hydrogen-bond acceptors (Lipinski definition) is 5. The largest absolute Gasteiger partial charge is 0.483 e. The Bertz CT molecular complexity index is 79.2. The molecule has 0 fully saturated rings. The maximum Gasteiger partial charge on any atom is 0.290 e. The molecule has 0 aliphatic carbocycles. The van der Waals surface area contributed by atoms with Crippen LogP contribution in [0.25, 0.3) is 0 Å². The van der Waals surface area contributed by atoms with Gasteiger partial charge in [-0.05, 0) is 0 Å². The van der Waals surface area contributed by atoms with Crippen molar-refractivity contribution in [3.05, 3.63) is 0 Å². The van der Waals surface area contributed by atoms with Crippen LogP contribution in [-0.4, -0.2) is 59.7 Å². The van der Waals surface area contributed by atoms with Gasteiger partial charge in [0.05, 0.1) is 13.2 Å². The summed E-state index contributed by atoms with van der Waals surface area (Å²) in [5.41, 5.74) is 0. The zero-order valence-corrected chi connectivity index (χ0v) is 7.09. The van der Waals surface area contributed by atoms with Crippen LogP contribution >= 0.6 is 0 Å². The van der Waals surface area contributed by atoms with Gasteiger partial charge < -0.3 is 25.7 Å². The van der Waals surface area contributed by atoms with Crippen molar-refractivity contribution in [1.82, 2.24) is 5.32 Å². The van der Waals surface area contributed by atoms with Crippen LogP contribution in [-0.2, 0) is 9.59 Å². The number of aliphatic hydroxyl groups is 2. The van der Waals surface area contributed by atoms with Crippen molar-refractivity contribution >= 4 is 12.9 Å². The summed E-state index contributed by atoms with van der Waals surface area (Å²) in [5, 5.41) is 32.9. The Morgan fingerprint density at radius 1 is 0.923 bits per heavy atom. The average molecular weight is 197 g/mol. The minimum atomic E-state index is -0.250. The number of aliphatic hydroxyl groups excluding tert-OH is 2. The number of nitrogens with one attached hydrogen (secondary N) is 1. The van der Waals surface area contributed by atoms with Gasteiger partial charge in [0.1, 0.15) is 0 Å². The van der Waals surface area contributed by atoms with E-state index in [4.69, 9.17) is 30.0 Å². The predicted molar refractivity (Wildman–Crippen MR) is 44.4 cm³/mol. The summed E-state index contributed by atoms with van der Waals surface area (Å²) in [6.07, 6.45) is 0. The monoisotopic (exact) mass is 197 g/mol. The van der Waals surface area contributed by atoms with Crippen LogP contribution < -0.4 is 5.32 Å². The Balaban J connectivity index is -0.000000140. The molecule has 13 heavy (non-hydrogen) atoms. The number of carboxylic acid groups (broad SMARTS) is 2. The van der Waals surface area contributed by atoms with Gasteiger partial charge in [0.15, 0.2) is 0 Å². The van der Waals surface area contributed by atoms with E-state index in [-0.39, 0.29) is 26.2 Å². The van der Waals surface area contributed by atoms with Crippen LogP contribution in [0.2, 0.25) is 0 Å². The summed E-state index contributed by atoms with van der Waals surface area (Å²) >= 11 is 0. The lowest BCUT2D eigenvalue weighted by atomic mass is 10.6. The molecule has 0 bridgehead atoms. The first-order valence-corrected chi connectivity index (χ1v) is 3.33. The molecule has 5 N–H and O–H groups in total. The van der Waals surface area contributed by atoms with Crippen molar-refractivity contribution in [2.45, 2.75) is 0 Å². The van der Waals surface area contributed by atoms with Gasteiger partial charge in [-0.2, -0.15) is 0 Å². The molecule has 0 unspecified atom stereocenters. The van der Waals surface area contributed by atoms with E-state index in [1.165, 1.54) is 0 Å². The molecule has 0 aliphatic rings. The first-order chi connectivity index (χ1) is 6.24. The van der Waals surface area contributed by atoms with Gasteiger partial charge in [0.25, 0.3) is 12.9 Å². The highest BCUT2D eigenvalue weighted by atomic mass is 16.3. The first-order valence-electron chi connectivity index (χ1n) is 3.33. The number of rotatable bonds is 4. The van der Waals surface area contributed by atoms with Gasteiger partial charge in [-0.1, -0.05) is 0 Å². The van der Waals surface area contributed by atoms with Crippen molar-refractivity contribution in [2.75, 3.05) is 26.3 Å². The number of carbonyl (C=O) groups is 2. The molecule has 0 saturated heterocycles. The van der Waals surface area contributed by atoms with Crippen LogP contribution in [0, 0.1) is 0 Å². The number of hydrogen-bond donors (Lipinski definition) is 5. The van der Waals surface area contributed by atoms with Crippen LogP contribution in [0.3, 0.4) is 0 Å². The quantitative estimate of drug-likeness (QED) is 0.259. The third kappa shape index (κ3) is 106. The smallest absolute Gasteiger partial charge is 0.290 e. The first kappa shape index (κ1) is 17.8. The summed E-state index contributed by atoms with van der Waals surface area (Å²) in [6.45, 7) is 0.918. The fourth-order valence-corrected chi connectivity index (χ4v) is 0.283. The Morgan fingerprint density at radius 3 is 1.31 bits per heavy atom. The normalized spacial score (nSPS) is 6.92. The summed E-state index contributed by atoms with van der Waals surface area (Å²) in [6, 6.07) is 0. The zero-order valence-electron chi connectivity index (χ0n) is 7.09. The van der Waals surface area contributed by atoms with E-state index in [1.807, 2.05) is 0 Å². The van der Waals surface area contributed by atoms with Crippen LogP contribution in [0.5, 0.6) is 0 Å². The maximum atomic E-state index is 8.36. The fraction of sp³-hybridized carbons (Fsp3) is 0.667. The van der Waals surface area contributed by atoms with E-state index >= 15 is 0 Å². The van der Waals surface area contributed by atoms with Gasteiger partial charge in [0.2, 0.25) is 0 Å². The molecule has 7 nitrogen and oxygen atoms in total. The summed E-state index contributed by atoms with van der Waals surface area (Å²) in [4.78, 5) is 16.7. The molecule has 0 aromatic heterocycles. The summed E-state index contributed by atoms with van der Waals surface area (Å²) in [5.74, 6) is 0. The van der Waals surface area contributed by atoms with Crippen molar-refractivity contribution in [1.29, 1.82) is 0 Å². The molecule has 0 atom stereocenters. The van der Waals surface area contributed by atoms with Gasteiger partial charge in [-0.3, -0.25) is 9.59 Å². The SMILES string of the molecule is O=CO.O=CO.OCCNCCO. The second-order valence-corrected chi connectivity index (χ2v) is 1.41. The Kier molecular flexibility index (Phi) is 42.1. The lowest BCUT2D eigenvalue weighted by Crippen LogP contribution is -2.21. The lowest BCUT2D eigenvalue weighted by Gasteiger charge is -1.94. The molecule has 7 heteroatoms. The average Bonchev–Trinajstić information content (AvgIpc) is 2.08. The highest BCUT2D eigenvalue weighted by molar-refractivity contribution is 5.32. The van der Waals surface area contributed by atoms with Crippen LogP contribution in [0.1, 0.15) is 0 Å². The maximum absolute atomic E-state index is 8.36. The van der Waals surface area contributed by atoms with E-state index < -0.39 is 0 Å². The van der Waals surface area contributed by atoms with Crippen LogP contribution in [0.4, 0.5) is 0 Å². The molecule has 0 radical (unpaired) electrons. The van der Waals surface area contributed by atoms with Gasteiger partial charge in [-0.25, -0.2) is 0 Å². The minimum absolute atomic E-state index is 0.139.